The number of nitro groups is 1. The lowest BCUT2D eigenvalue weighted by molar-refractivity contribution is -0.384. The van der Waals surface area contributed by atoms with Gasteiger partial charge in [-0.3, -0.25) is 10.1 Å². The van der Waals surface area contributed by atoms with Gasteiger partial charge in [0.15, 0.2) is 4.34 Å². The zero-order chi connectivity index (χ0) is 18.2. The number of furan rings is 1. The van der Waals surface area contributed by atoms with Crippen molar-refractivity contribution in [3.8, 4) is 5.75 Å². The molecular weight excluding hydrogens is 376 g/mol. The topological polar surface area (TPSA) is 103 Å². The quantitative estimate of drug-likeness (QED) is 0.237. The van der Waals surface area contributed by atoms with E-state index in [0.29, 0.717) is 18.9 Å². The number of aromatic nitrogens is 2. The Balaban J connectivity index is 1.33. The molecule has 10 heteroatoms. The highest BCUT2D eigenvalue weighted by molar-refractivity contribution is 8.01. The molecule has 1 N–H and O–H groups in total. The Kier molecular flexibility index (Phi) is 6.45. The van der Waals surface area contributed by atoms with Gasteiger partial charge in [0.2, 0.25) is 5.13 Å². The number of nitrogens with one attached hydrogen (secondary N) is 1. The van der Waals surface area contributed by atoms with Gasteiger partial charge in [0.25, 0.3) is 5.69 Å². The van der Waals surface area contributed by atoms with Gasteiger partial charge in [0.1, 0.15) is 11.5 Å². The van der Waals surface area contributed by atoms with Crippen LogP contribution in [0.3, 0.4) is 0 Å². The van der Waals surface area contributed by atoms with E-state index in [9.17, 15) is 10.1 Å². The van der Waals surface area contributed by atoms with Crippen LogP contribution in [0, 0.1) is 10.1 Å². The van der Waals surface area contributed by atoms with Crippen molar-refractivity contribution in [1.82, 2.24) is 10.2 Å². The molecule has 3 rings (SSSR count). The lowest BCUT2D eigenvalue weighted by atomic mass is 10.3. The molecule has 8 nitrogen and oxygen atoms in total. The van der Waals surface area contributed by atoms with Gasteiger partial charge in [-0.2, -0.15) is 0 Å². The van der Waals surface area contributed by atoms with Crippen molar-refractivity contribution in [2.45, 2.75) is 17.3 Å². The number of rotatable bonds is 10. The van der Waals surface area contributed by atoms with E-state index in [1.54, 1.807) is 30.2 Å². The lowest BCUT2D eigenvalue weighted by Crippen LogP contribution is -1.98. The predicted molar refractivity (Wildman–Crippen MR) is 99.9 cm³/mol. The minimum atomic E-state index is -0.430. The first-order valence-corrected chi connectivity index (χ1v) is 9.61. The average molecular weight is 392 g/mol. The first-order valence-electron chi connectivity index (χ1n) is 7.80. The van der Waals surface area contributed by atoms with Gasteiger partial charge in [0, 0.05) is 17.9 Å². The number of hydrogen-bond acceptors (Lipinski definition) is 9. The second-order valence-corrected chi connectivity index (χ2v) is 7.43. The van der Waals surface area contributed by atoms with Gasteiger partial charge < -0.3 is 14.5 Å². The van der Waals surface area contributed by atoms with Crippen LogP contribution in [0.15, 0.2) is 51.4 Å². The molecule has 0 saturated heterocycles. The number of anilines is 1. The Hall–Kier alpha value is -2.59. The molecule has 0 bridgehead atoms. The summed E-state index contributed by atoms with van der Waals surface area (Å²) in [6, 6.07) is 9.82. The third-order valence-electron chi connectivity index (χ3n) is 3.23. The van der Waals surface area contributed by atoms with Crippen molar-refractivity contribution in [3.05, 3.63) is 58.5 Å². The van der Waals surface area contributed by atoms with Crippen LogP contribution in [-0.4, -0.2) is 27.5 Å². The summed E-state index contributed by atoms with van der Waals surface area (Å²) in [5.41, 5.74) is 0.0561. The molecule has 2 heterocycles. The Morgan fingerprint density at radius 1 is 1.27 bits per heavy atom. The minimum absolute atomic E-state index is 0.0561. The molecule has 0 saturated carbocycles. The molecule has 0 atom stereocenters. The van der Waals surface area contributed by atoms with Crippen molar-refractivity contribution in [3.63, 3.8) is 0 Å². The first-order chi connectivity index (χ1) is 12.7. The van der Waals surface area contributed by atoms with Gasteiger partial charge >= 0.3 is 0 Å². The predicted octanol–water partition coefficient (Wildman–Crippen LogP) is 4.21. The number of hydrogen-bond donors (Lipinski definition) is 1. The van der Waals surface area contributed by atoms with Crippen LogP contribution in [-0.2, 0) is 6.54 Å². The standard InChI is InChI=1S/C16H16N4O4S2/c21-20(22)12-4-6-13(7-5-12)23-9-2-10-25-16-19-18-15(26-16)17-11-14-3-1-8-24-14/h1,3-8H,2,9-11H2,(H,17,18). The number of ether oxygens (including phenoxy) is 1. The van der Waals surface area contributed by atoms with Crippen LogP contribution in [0.1, 0.15) is 12.2 Å². The van der Waals surface area contributed by atoms with E-state index >= 15 is 0 Å². The van der Waals surface area contributed by atoms with E-state index in [-0.39, 0.29) is 5.69 Å². The smallest absolute Gasteiger partial charge is 0.269 e. The lowest BCUT2D eigenvalue weighted by Gasteiger charge is -2.04. The van der Waals surface area contributed by atoms with Gasteiger partial charge in [0.05, 0.1) is 24.3 Å². The summed E-state index contributed by atoms with van der Waals surface area (Å²) in [7, 11) is 0. The molecule has 0 aliphatic heterocycles. The normalized spacial score (nSPS) is 10.6. The summed E-state index contributed by atoms with van der Waals surface area (Å²) in [5.74, 6) is 2.32. The molecule has 136 valence electrons. The van der Waals surface area contributed by atoms with E-state index in [1.165, 1.54) is 23.5 Å². The van der Waals surface area contributed by atoms with E-state index in [1.807, 2.05) is 12.1 Å². The molecule has 3 aromatic rings. The number of benzene rings is 1. The van der Waals surface area contributed by atoms with Crippen molar-refractivity contribution in [1.29, 1.82) is 0 Å². The van der Waals surface area contributed by atoms with Crippen LogP contribution >= 0.6 is 23.1 Å². The third-order valence-corrected chi connectivity index (χ3v) is 5.33. The molecule has 2 aromatic heterocycles. The van der Waals surface area contributed by atoms with Crippen LogP contribution in [0.25, 0.3) is 0 Å². The highest BCUT2D eigenvalue weighted by atomic mass is 32.2. The maximum absolute atomic E-state index is 10.6. The maximum Gasteiger partial charge on any atom is 0.269 e. The number of non-ortho nitro benzene ring substituents is 1. The van der Waals surface area contributed by atoms with Gasteiger partial charge in [-0.1, -0.05) is 23.1 Å². The molecular formula is C16H16N4O4S2. The molecule has 26 heavy (non-hydrogen) atoms. The van der Waals surface area contributed by atoms with Crippen molar-refractivity contribution < 1.29 is 14.1 Å². The van der Waals surface area contributed by atoms with Gasteiger partial charge in [-0.05, 0) is 30.7 Å². The van der Waals surface area contributed by atoms with Crippen LogP contribution in [0.2, 0.25) is 0 Å². The van der Waals surface area contributed by atoms with Crippen LogP contribution in [0.4, 0.5) is 10.8 Å². The molecule has 0 amide bonds. The summed E-state index contributed by atoms with van der Waals surface area (Å²) >= 11 is 3.11. The highest BCUT2D eigenvalue weighted by Crippen LogP contribution is 2.26. The highest BCUT2D eigenvalue weighted by Gasteiger charge is 2.06. The van der Waals surface area contributed by atoms with Crippen LogP contribution in [0.5, 0.6) is 5.75 Å². The number of nitro benzene ring substituents is 1. The molecule has 0 aliphatic carbocycles. The molecule has 0 aliphatic rings. The second kappa shape index (κ2) is 9.20. The Morgan fingerprint density at radius 3 is 2.85 bits per heavy atom. The fraction of sp³-hybridized carbons (Fsp3) is 0.250. The number of thioether (sulfide) groups is 1. The van der Waals surface area contributed by atoms with Crippen molar-refractivity contribution in [2.75, 3.05) is 17.7 Å². The average Bonchev–Trinajstić information content (AvgIpc) is 3.32. The second-order valence-electron chi connectivity index (χ2n) is 5.11. The summed E-state index contributed by atoms with van der Waals surface area (Å²) in [4.78, 5) is 10.2. The zero-order valence-electron chi connectivity index (χ0n) is 13.7. The van der Waals surface area contributed by atoms with E-state index in [4.69, 9.17) is 9.15 Å². The molecule has 0 fully saturated rings. The largest absolute Gasteiger partial charge is 0.494 e. The van der Waals surface area contributed by atoms with Gasteiger partial charge in [-0.15, -0.1) is 10.2 Å². The Labute approximate surface area is 157 Å². The fourth-order valence-corrected chi connectivity index (χ4v) is 3.72. The summed E-state index contributed by atoms with van der Waals surface area (Å²) in [6.45, 7) is 1.11. The number of nitrogens with zero attached hydrogens (tertiary/aromatic N) is 3. The summed E-state index contributed by atoms with van der Waals surface area (Å²) < 4.78 is 11.7. The first kappa shape index (κ1) is 18.2. The molecule has 0 unspecified atom stereocenters. The van der Waals surface area contributed by atoms with Crippen LogP contribution < -0.4 is 10.1 Å². The molecule has 0 spiro atoms. The Bertz CT molecular complexity index is 821. The van der Waals surface area contributed by atoms with Gasteiger partial charge in [-0.25, -0.2) is 0 Å². The van der Waals surface area contributed by atoms with E-state index < -0.39 is 4.92 Å². The van der Waals surface area contributed by atoms with E-state index in [2.05, 4.69) is 15.5 Å². The van der Waals surface area contributed by atoms with Crippen molar-refractivity contribution in [2.24, 2.45) is 0 Å². The minimum Gasteiger partial charge on any atom is -0.494 e. The maximum atomic E-state index is 10.6. The van der Waals surface area contributed by atoms with E-state index in [0.717, 1.165) is 27.4 Å². The summed E-state index contributed by atoms with van der Waals surface area (Å²) in [6.07, 6.45) is 2.47. The molecule has 1 aromatic carbocycles. The summed E-state index contributed by atoms with van der Waals surface area (Å²) in [5, 5.41) is 22.7. The van der Waals surface area contributed by atoms with Crippen molar-refractivity contribution >= 4 is 33.9 Å². The third kappa shape index (κ3) is 5.46. The fourth-order valence-electron chi connectivity index (χ4n) is 1.99. The zero-order valence-corrected chi connectivity index (χ0v) is 15.3. The SMILES string of the molecule is O=[N+]([O-])c1ccc(OCCCSc2nnc(NCc3ccco3)s2)cc1. The Morgan fingerprint density at radius 2 is 2.12 bits per heavy atom. The molecule has 0 radical (unpaired) electrons. The monoisotopic (exact) mass is 392 g/mol.